The molecule has 1 spiro atoms. The lowest BCUT2D eigenvalue weighted by Crippen LogP contribution is -2.26. The fourth-order valence-corrected chi connectivity index (χ4v) is 11.1. The summed E-state index contributed by atoms with van der Waals surface area (Å²) in [6, 6.07) is 77.6. The number of fused-ring (bicyclic) bond motifs is 17. The zero-order valence-corrected chi connectivity index (χ0v) is 31.1. The zero-order chi connectivity index (χ0) is 37.2. The van der Waals surface area contributed by atoms with Crippen LogP contribution in [0.1, 0.15) is 22.3 Å². The average molecular weight is 719 g/mol. The van der Waals surface area contributed by atoms with Gasteiger partial charge in [0, 0.05) is 0 Å². The van der Waals surface area contributed by atoms with E-state index in [1.165, 1.54) is 121 Å². The maximum atomic E-state index is 2.46. The highest BCUT2D eigenvalue weighted by atomic mass is 14.5. The predicted octanol–water partition coefficient (Wildman–Crippen LogP) is 15.1. The van der Waals surface area contributed by atoms with Crippen LogP contribution in [0.25, 0.3) is 98.4 Å². The van der Waals surface area contributed by atoms with Crippen molar-refractivity contribution in [3.05, 3.63) is 229 Å². The summed E-state index contributed by atoms with van der Waals surface area (Å²) in [7, 11) is 0. The lowest BCUT2D eigenvalue weighted by atomic mass is 9.69. The predicted molar refractivity (Wildman–Crippen MR) is 241 cm³/mol. The third-order valence-corrected chi connectivity index (χ3v) is 13.2. The molecule has 57 heavy (non-hydrogen) atoms. The molecule has 0 heterocycles. The molecule has 0 atom stereocenters. The topological polar surface area (TPSA) is 0 Å². The first-order chi connectivity index (χ1) is 28.3. The van der Waals surface area contributed by atoms with Crippen molar-refractivity contribution in [1.29, 1.82) is 0 Å². The van der Waals surface area contributed by atoms with Crippen LogP contribution >= 0.6 is 0 Å². The molecule has 13 rings (SSSR count). The summed E-state index contributed by atoms with van der Waals surface area (Å²) >= 11 is 0. The lowest BCUT2D eigenvalue weighted by Gasteiger charge is -2.31. The Hall–Kier alpha value is -7.28. The minimum Gasteiger partial charge on any atom is -0.0619 e. The largest absolute Gasteiger partial charge is 0.0731 e. The normalized spacial score (nSPS) is 13.4. The van der Waals surface area contributed by atoms with Crippen molar-refractivity contribution in [2.75, 3.05) is 0 Å². The molecule has 0 aromatic heterocycles. The lowest BCUT2D eigenvalue weighted by molar-refractivity contribution is 0.802. The Labute approximate surface area is 330 Å². The number of rotatable bonds is 2. The fourth-order valence-electron chi connectivity index (χ4n) is 11.1. The molecule has 0 radical (unpaired) electrons. The van der Waals surface area contributed by atoms with Crippen LogP contribution in [0.2, 0.25) is 0 Å². The molecule has 0 amide bonds. The summed E-state index contributed by atoms with van der Waals surface area (Å²) in [4.78, 5) is 0. The van der Waals surface area contributed by atoms with Gasteiger partial charge in [-0.3, -0.25) is 0 Å². The van der Waals surface area contributed by atoms with Crippen molar-refractivity contribution < 1.29 is 0 Å². The van der Waals surface area contributed by atoms with Gasteiger partial charge in [0.15, 0.2) is 0 Å². The van der Waals surface area contributed by atoms with Gasteiger partial charge in [-0.1, -0.05) is 200 Å². The van der Waals surface area contributed by atoms with Gasteiger partial charge >= 0.3 is 0 Å². The summed E-state index contributed by atoms with van der Waals surface area (Å²) in [6.45, 7) is 0. The van der Waals surface area contributed by atoms with E-state index in [9.17, 15) is 0 Å². The quantitative estimate of drug-likeness (QED) is 0.156. The molecule has 0 saturated heterocycles. The maximum absolute atomic E-state index is 2.46. The summed E-state index contributed by atoms with van der Waals surface area (Å²) < 4.78 is 0. The monoisotopic (exact) mass is 718 g/mol. The zero-order valence-electron chi connectivity index (χ0n) is 31.1. The van der Waals surface area contributed by atoms with Crippen molar-refractivity contribution in [2.45, 2.75) is 5.41 Å². The third-order valence-electron chi connectivity index (χ3n) is 13.2. The first-order valence-corrected chi connectivity index (χ1v) is 20.0. The second-order valence-electron chi connectivity index (χ2n) is 15.8. The second kappa shape index (κ2) is 11.4. The molecule has 0 fully saturated rings. The van der Waals surface area contributed by atoms with Gasteiger partial charge in [0.2, 0.25) is 0 Å². The van der Waals surface area contributed by atoms with E-state index in [2.05, 4.69) is 206 Å². The standard InChI is InChI=1S/C57H34/c1-3-17-39-35(14-1)16-13-25-44(39)54-47-23-7-5-21-45(47)53(46-22-6-8-24-48(46)54)38-29-31-41-37(34-38)28-32-49-55-40-18-4-2-15-36(40)30-33-52(55)57(56(41)49)50-26-11-9-19-42(50)43-20-10-12-27-51(43)57/h1-34H. The van der Waals surface area contributed by atoms with Crippen molar-refractivity contribution >= 4 is 53.9 Å². The van der Waals surface area contributed by atoms with Crippen molar-refractivity contribution in [3.8, 4) is 44.5 Å². The number of hydrogen-bond donors (Lipinski definition) is 0. The minimum atomic E-state index is -0.428. The SMILES string of the molecule is c1ccc2c(c1)-c1ccccc1C21c2ccc3ccccc3c2-c2ccc3cc(-c4c5ccccc5c(-c5cccc6ccccc56)c5ccccc45)ccc3c21. The molecule has 262 valence electrons. The molecule has 0 heteroatoms. The van der Waals surface area contributed by atoms with Crippen molar-refractivity contribution in [2.24, 2.45) is 0 Å². The molecular formula is C57H34. The molecule has 2 aliphatic rings. The van der Waals surface area contributed by atoms with E-state index in [1.54, 1.807) is 0 Å². The van der Waals surface area contributed by atoms with Gasteiger partial charge in [-0.15, -0.1) is 0 Å². The fraction of sp³-hybridized carbons (Fsp3) is 0.0175. The molecule has 0 saturated carbocycles. The highest BCUT2D eigenvalue weighted by Gasteiger charge is 2.52. The van der Waals surface area contributed by atoms with E-state index in [0.717, 1.165) is 0 Å². The molecule has 0 bridgehead atoms. The highest BCUT2D eigenvalue weighted by molar-refractivity contribution is 6.24. The van der Waals surface area contributed by atoms with Gasteiger partial charge < -0.3 is 0 Å². The van der Waals surface area contributed by atoms with Crippen LogP contribution in [0.5, 0.6) is 0 Å². The van der Waals surface area contributed by atoms with Gasteiger partial charge in [-0.2, -0.15) is 0 Å². The van der Waals surface area contributed by atoms with Crippen LogP contribution in [0, 0.1) is 0 Å². The molecule has 0 aliphatic heterocycles. The molecule has 11 aromatic rings. The van der Waals surface area contributed by atoms with Gasteiger partial charge in [0.25, 0.3) is 0 Å². The van der Waals surface area contributed by atoms with Crippen LogP contribution < -0.4 is 0 Å². The molecular weight excluding hydrogens is 685 g/mol. The van der Waals surface area contributed by atoms with Gasteiger partial charge in [-0.25, -0.2) is 0 Å². The third kappa shape index (κ3) is 3.97. The molecule has 0 nitrogen and oxygen atoms in total. The Bertz CT molecular complexity index is 3420. The molecule has 0 unspecified atom stereocenters. The Balaban J connectivity index is 1.12. The first-order valence-electron chi connectivity index (χ1n) is 20.0. The number of benzene rings is 11. The van der Waals surface area contributed by atoms with Crippen LogP contribution in [0.15, 0.2) is 206 Å². The summed E-state index contributed by atoms with van der Waals surface area (Å²) in [5.41, 5.74) is 15.6. The number of hydrogen-bond acceptors (Lipinski definition) is 0. The molecule has 2 aliphatic carbocycles. The highest BCUT2D eigenvalue weighted by Crippen LogP contribution is 2.65. The van der Waals surface area contributed by atoms with Gasteiger partial charge in [0.1, 0.15) is 0 Å². The van der Waals surface area contributed by atoms with Crippen LogP contribution in [-0.2, 0) is 5.41 Å². The Morgan fingerprint density at radius 1 is 0.246 bits per heavy atom. The first kappa shape index (κ1) is 31.0. The van der Waals surface area contributed by atoms with Crippen LogP contribution in [0.3, 0.4) is 0 Å². The van der Waals surface area contributed by atoms with Crippen LogP contribution in [-0.4, -0.2) is 0 Å². The van der Waals surface area contributed by atoms with Gasteiger partial charge in [0.05, 0.1) is 5.41 Å². The van der Waals surface area contributed by atoms with Crippen LogP contribution in [0.4, 0.5) is 0 Å². The van der Waals surface area contributed by atoms with E-state index in [4.69, 9.17) is 0 Å². The van der Waals surface area contributed by atoms with E-state index < -0.39 is 5.41 Å². The van der Waals surface area contributed by atoms with Crippen molar-refractivity contribution in [3.63, 3.8) is 0 Å². The second-order valence-corrected chi connectivity index (χ2v) is 15.8. The van der Waals surface area contributed by atoms with Gasteiger partial charge in [-0.05, 0) is 127 Å². The summed E-state index contributed by atoms with van der Waals surface area (Å²) in [5, 5.41) is 12.8. The van der Waals surface area contributed by atoms with E-state index in [1.807, 2.05) is 0 Å². The Morgan fingerprint density at radius 3 is 1.44 bits per heavy atom. The average Bonchev–Trinajstić information content (AvgIpc) is 3.75. The van der Waals surface area contributed by atoms with E-state index >= 15 is 0 Å². The smallest absolute Gasteiger partial charge is 0.0619 e. The molecule has 0 N–H and O–H groups in total. The minimum absolute atomic E-state index is 0.428. The maximum Gasteiger partial charge on any atom is 0.0731 e. The van der Waals surface area contributed by atoms with Crippen molar-refractivity contribution in [1.82, 2.24) is 0 Å². The van der Waals surface area contributed by atoms with E-state index in [-0.39, 0.29) is 0 Å². The Morgan fingerprint density at radius 2 is 0.754 bits per heavy atom. The summed E-state index contributed by atoms with van der Waals surface area (Å²) in [6.07, 6.45) is 0. The van der Waals surface area contributed by atoms with E-state index in [0.29, 0.717) is 0 Å². The molecule has 11 aromatic carbocycles. The Kier molecular flexibility index (Phi) is 6.19. The summed E-state index contributed by atoms with van der Waals surface area (Å²) in [5.74, 6) is 0.